The molecule has 0 radical (unpaired) electrons. The summed E-state index contributed by atoms with van der Waals surface area (Å²) in [7, 11) is 0. The predicted octanol–water partition coefficient (Wildman–Crippen LogP) is 3.25. The van der Waals surface area contributed by atoms with E-state index in [-0.39, 0.29) is 0 Å². The van der Waals surface area contributed by atoms with Crippen LogP contribution >= 0.6 is 0 Å². The number of hydrogen-bond donors (Lipinski definition) is 1. The lowest BCUT2D eigenvalue weighted by Crippen LogP contribution is -2.15. The highest BCUT2D eigenvalue weighted by Gasteiger charge is 2.13. The molecule has 1 aromatic carbocycles. The monoisotopic (exact) mass is 219 g/mol. The summed E-state index contributed by atoms with van der Waals surface area (Å²) in [5.41, 5.74) is 6.77. The maximum absolute atomic E-state index is 6.02. The second-order valence-corrected chi connectivity index (χ2v) is 4.58. The second-order valence-electron chi connectivity index (χ2n) is 4.58. The molecule has 0 atom stereocenters. The molecule has 1 aromatic rings. The van der Waals surface area contributed by atoms with Gasteiger partial charge in [0.05, 0.1) is 6.10 Å². The van der Waals surface area contributed by atoms with Gasteiger partial charge in [-0.2, -0.15) is 0 Å². The van der Waals surface area contributed by atoms with Gasteiger partial charge in [0.1, 0.15) is 5.75 Å². The van der Waals surface area contributed by atoms with Crippen LogP contribution in [-0.2, 0) is 6.54 Å². The Morgan fingerprint density at radius 3 is 2.56 bits per heavy atom. The Morgan fingerprint density at radius 2 is 1.88 bits per heavy atom. The Bertz CT molecular complexity index is 316. The highest BCUT2D eigenvalue weighted by molar-refractivity contribution is 5.28. The average Bonchev–Trinajstić information content (AvgIpc) is 2.58. The van der Waals surface area contributed by atoms with Gasteiger partial charge in [0.15, 0.2) is 0 Å². The van der Waals surface area contributed by atoms with Crippen molar-refractivity contribution in [3.05, 3.63) is 29.8 Å². The quantitative estimate of drug-likeness (QED) is 0.792. The normalized spacial score (nSPS) is 18.1. The van der Waals surface area contributed by atoms with E-state index in [9.17, 15) is 0 Å². The molecule has 0 aromatic heterocycles. The van der Waals surface area contributed by atoms with Crippen LogP contribution in [-0.4, -0.2) is 6.10 Å². The number of benzene rings is 1. The maximum atomic E-state index is 6.02. The van der Waals surface area contributed by atoms with E-state index in [0.29, 0.717) is 12.6 Å². The van der Waals surface area contributed by atoms with E-state index >= 15 is 0 Å². The molecule has 0 spiro atoms. The van der Waals surface area contributed by atoms with Gasteiger partial charge in [-0.25, -0.2) is 0 Å². The number of hydrogen-bond acceptors (Lipinski definition) is 2. The van der Waals surface area contributed by atoms with E-state index in [1.807, 2.05) is 18.2 Å². The first-order chi connectivity index (χ1) is 7.88. The van der Waals surface area contributed by atoms with Crippen LogP contribution in [0, 0.1) is 0 Å². The molecule has 2 rings (SSSR count). The van der Waals surface area contributed by atoms with Crippen LogP contribution in [0.1, 0.15) is 44.1 Å². The summed E-state index contributed by atoms with van der Waals surface area (Å²) in [5.74, 6) is 0.981. The molecule has 1 saturated carbocycles. The predicted molar refractivity (Wildman–Crippen MR) is 66.5 cm³/mol. The lowest BCUT2D eigenvalue weighted by Gasteiger charge is -2.17. The molecule has 0 saturated heterocycles. The molecule has 1 aliphatic rings. The van der Waals surface area contributed by atoms with Crippen molar-refractivity contribution in [2.45, 2.75) is 51.2 Å². The second kappa shape index (κ2) is 5.90. The van der Waals surface area contributed by atoms with Crippen molar-refractivity contribution in [1.29, 1.82) is 0 Å². The van der Waals surface area contributed by atoms with Gasteiger partial charge in [0, 0.05) is 6.54 Å². The van der Waals surface area contributed by atoms with Crippen LogP contribution in [0.3, 0.4) is 0 Å². The molecule has 0 heterocycles. The Hall–Kier alpha value is -1.02. The van der Waals surface area contributed by atoms with Crippen molar-refractivity contribution in [3.63, 3.8) is 0 Å². The first kappa shape index (κ1) is 11.5. The molecule has 0 aliphatic heterocycles. The third-order valence-electron chi connectivity index (χ3n) is 3.24. The van der Waals surface area contributed by atoms with Crippen LogP contribution in [0.4, 0.5) is 0 Å². The topological polar surface area (TPSA) is 35.2 Å². The lowest BCUT2D eigenvalue weighted by molar-refractivity contribution is 0.183. The average molecular weight is 219 g/mol. The Kier molecular flexibility index (Phi) is 4.23. The molecule has 2 nitrogen and oxygen atoms in total. The zero-order chi connectivity index (χ0) is 11.2. The van der Waals surface area contributed by atoms with Crippen molar-refractivity contribution in [3.8, 4) is 5.75 Å². The highest BCUT2D eigenvalue weighted by atomic mass is 16.5. The third kappa shape index (κ3) is 3.24. The SMILES string of the molecule is NCc1cccc(OC2CCCCCC2)c1. The fourth-order valence-corrected chi connectivity index (χ4v) is 2.30. The minimum atomic E-state index is 0.413. The van der Waals surface area contributed by atoms with Gasteiger partial charge >= 0.3 is 0 Å². The van der Waals surface area contributed by atoms with Crippen LogP contribution < -0.4 is 10.5 Å². The zero-order valence-corrected chi connectivity index (χ0v) is 9.82. The summed E-state index contributed by atoms with van der Waals surface area (Å²) in [6.07, 6.45) is 8.16. The largest absolute Gasteiger partial charge is 0.490 e. The minimum absolute atomic E-state index is 0.413. The van der Waals surface area contributed by atoms with Gasteiger partial charge in [-0.3, -0.25) is 0 Å². The van der Waals surface area contributed by atoms with Crippen molar-refractivity contribution in [2.24, 2.45) is 5.73 Å². The van der Waals surface area contributed by atoms with E-state index in [1.165, 1.54) is 38.5 Å². The van der Waals surface area contributed by atoms with Crippen molar-refractivity contribution in [2.75, 3.05) is 0 Å². The Labute approximate surface area is 97.8 Å². The van der Waals surface area contributed by atoms with E-state index in [4.69, 9.17) is 10.5 Å². The van der Waals surface area contributed by atoms with Crippen molar-refractivity contribution in [1.82, 2.24) is 0 Å². The smallest absolute Gasteiger partial charge is 0.120 e. The van der Waals surface area contributed by atoms with Crippen LogP contribution in [0.15, 0.2) is 24.3 Å². The zero-order valence-electron chi connectivity index (χ0n) is 9.82. The van der Waals surface area contributed by atoms with Crippen LogP contribution in [0.5, 0.6) is 5.75 Å². The highest BCUT2D eigenvalue weighted by Crippen LogP contribution is 2.23. The van der Waals surface area contributed by atoms with Gasteiger partial charge in [-0.1, -0.05) is 25.0 Å². The van der Waals surface area contributed by atoms with Crippen molar-refractivity contribution >= 4 is 0 Å². The Balaban J connectivity index is 1.96. The minimum Gasteiger partial charge on any atom is -0.490 e. The molecule has 88 valence electrons. The first-order valence-corrected chi connectivity index (χ1v) is 6.34. The molecule has 0 amide bonds. The summed E-state index contributed by atoms with van der Waals surface area (Å²) in [5, 5.41) is 0. The van der Waals surface area contributed by atoms with E-state index in [2.05, 4.69) is 6.07 Å². The van der Waals surface area contributed by atoms with E-state index < -0.39 is 0 Å². The molecule has 1 aliphatic carbocycles. The molecule has 16 heavy (non-hydrogen) atoms. The van der Waals surface area contributed by atoms with Crippen LogP contribution in [0.2, 0.25) is 0 Å². The number of ether oxygens (including phenoxy) is 1. The fraction of sp³-hybridized carbons (Fsp3) is 0.571. The first-order valence-electron chi connectivity index (χ1n) is 6.34. The summed E-state index contributed by atoms with van der Waals surface area (Å²) in [6, 6.07) is 8.16. The Morgan fingerprint density at radius 1 is 1.12 bits per heavy atom. The molecule has 0 bridgehead atoms. The third-order valence-corrected chi connectivity index (χ3v) is 3.24. The maximum Gasteiger partial charge on any atom is 0.120 e. The lowest BCUT2D eigenvalue weighted by atomic mass is 10.1. The van der Waals surface area contributed by atoms with Gasteiger partial charge in [-0.15, -0.1) is 0 Å². The number of rotatable bonds is 3. The molecular weight excluding hydrogens is 198 g/mol. The molecule has 2 N–H and O–H groups in total. The van der Waals surface area contributed by atoms with Gasteiger partial charge < -0.3 is 10.5 Å². The van der Waals surface area contributed by atoms with Gasteiger partial charge in [0.25, 0.3) is 0 Å². The summed E-state index contributed by atoms with van der Waals surface area (Å²) < 4.78 is 6.02. The molecule has 2 heteroatoms. The van der Waals surface area contributed by atoms with E-state index in [1.54, 1.807) is 0 Å². The summed E-state index contributed by atoms with van der Waals surface area (Å²) in [4.78, 5) is 0. The summed E-state index contributed by atoms with van der Waals surface area (Å²) >= 11 is 0. The van der Waals surface area contributed by atoms with Gasteiger partial charge in [0.2, 0.25) is 0 Å². The van der Waals surface area contributed by atoms with Crippen LogP contribution in [0.25, 0.3) is 0 Å². The van der Waals surface area contributed by atoms with Crippen molar-refractivity contribution < 1.29 is 4.74 Å². The van der Waals surface area contributed by atoms with Gasteiger partial charge in [-0.05, 0) is 43.4 Å². The molecule has 0 unspecified atom stereocenters. The molecule has 1 fully saturated rings. The standard InChI is InChI=1S/C14H21NO/c15-11-12-6-5-9-14(10-12)16-13-7-3-1-2-4-8-13/h5-6,9-10,13H,1-4,7-8,11,15H2. The fourth-order valence-electron chi connectivity index (χ4n) is 2.30. The molecular formula is C14H21NO. The summed E-state index contributed by atoms with van der Waals surface area (Å²) in [6.45, 7) is 0.585. The van der Waals surface area contributed by atoms with E-state index in [0.717, 1.165) is 11.3 Å². The number of nitrogens with two attached hydrogens (primary N) is 1.